The third-order valence-corrected chi connectivity index (χ3v) is 5.62. The van der Waals surface area contributed by atoms with Gasteiger partial charge in [-0.15, -0.1) is 0 Å². The number of carbonyl (C=O) groups is 2. The van der Waals surface area contributed by atoms with E-state index in [0.29, 0.717) is 26.8 Å². The molecule has 3 rings (SSSR count). The van der Waals surface area contributed by atoms with Gasteiger partial charge in [-0.2, -0.15) is 0 Å². The van der Waals surface area contributed by atoms with Gasteiger partial charge < -0.3 is 10.2 Å². The second-order valence-corrected chi connectivity index (χ2v) is 9.75. The molecule has 0 spiro atoms. The Morgan fingerprint density at radius 1 is 1.16 bits per heavy atom. The van der Waals surface area contributed by atoms with E-state index in [-0.39, 0.29) is 35.2 Å². The highest BCUT2D eigenvalue weighted by molar-refractivity contribution is 7.99. The van der Waals surface area contributed by atoms with Crippen LogP contribution in [0.4, 0.5) is 0 Å². The molecule has 3 aromatic rings. The number of nitrogens with zero attached hydrogens (tertiary/aromatic N) is 3. The van der Waals surface area contributed by atoms with Crippen LogP contribution in [0.3, 0.4) is 0 Å². The number of thioether (sulfide) groups is 1. The lowest BCUT2D eigenvalue weighted by molar-refractivity contribution is -0.133. The normalized spacial score (nSPS) is 11.4. The maximum Gasteiger partial charge on any atom is 0.266 e. The SMILES string of the molecule is CN(CC(=O)NC(C)(C)C)C(=O)CSc1nc2ccccc2c(=O)n1-c1cccc(Cl)c1. The van der Waals surface area contributed by atoms with E-state index in [1.165, 1.54) is 9.47 Å². The lowest BCUT2D eigenvalue weighted by Crippen LogP contribution is -2.46. The Kier molecular flexibility index (Phi) is 7.26. The van der Waals surface area contributed by atoms with Gasteiger partial charge in [0.25, 0.3) is 5.56 Å². The molecule has 32 heavy (non-hydrogen) atoms. The topological polar surface area (TPSA) is 84.3 Å². The zero-order chi connectivity index (χ0) is 23.5. The number of rotatable bonds is 6. The van der Waals surface area contributed by atoms with Crippen LogP contribution in [0.5, 0.6) is 0 Å². The van der Waals surface area contributed by atoms with E-state index in [1.54, 1.807) is 55.6 Å². The van der Waals surface area contributed by atoms with Crippen LogP contribution < -0.4 is 10.9 Å². The largest absolute Gasteiger partial charge is 0.350 e. The number of amides is 2. The van der Waals surface area contributed by atoms with Gasteiger partial charge in [-0.05, 0) is 51.1 Å². The number of hydrogen-bond donors (Lipinski definition) is 1. The Labute approximate surface area is 195 Å². The molecule has 168 valence electrons. The highest BCUT2D eigenvalue weighted by atomic mass is 35.5. The third kappa shape index (κ3) is 5.89. The van der Waals surface area contributed by atoms with Crippen LogP contribution in [0.1, 0.15) is 20.8 Å². The van der Waals surface area contributed by atoms with Gasteiger partial charge in [0, 0.05) is 17.6 Å². The highest BCUT2D eigenvalue weighted by Crippen LogP contribution is 2.23. The lowest BCUT2D eigenvalue weighted by Gasteiger charge is -2.23. The van der Waals surface area contributed by atoms with Gasteiger partial charge in [0.2, 0.25) is 11.8 Å². The van der Waals surface area contributed by atoms with E-state index in [9.17, 15) is 14.4 Å². The maximum absolute atomic E-state index is 13.2. The fourth-order valence-electron chi connectivity index (χ4n) is 3.05. The van der Waals surface area contributed by atoms with Crippen molar-refractivity contribution >= 4 is 46.1 Å². The first kappa shape index (κ1) is 23.8. The van der Waals surface area contributed by atoms with Crippen molar-refractivity contribution in [3.05, 3.63) is 63.9 Å². The van der Waals surface area contributed by atoms with Gasteiger partial charge in [0.1, 0.15) is 0 Å². The second-order valence-electron chi connectivity index (χ2n) is 8.37. The van der Waals surface area contributed by atoms with Crippen LogP contribution in [-0.4, -0.2) is 51.1 Å². The number of para-hydroxylation sites is 1. The van der Waals surface area contributed by atoms with Crippen molar-refractivity contribution in [2.75, 3.05) is 19.3 Å². The van der Waals surface area contributed by atoms with Gasteiger partial charge in [-0.25, -0.2) is 4.98 Å². The van der Waals surface area contributed by atoms with Crippen LogP contribution >= 0.6 is 23.4 Å². The molecule has 9 heteroatoms. The first-order valence-corrected chi connectivity index (χ1v) is 11.4. The minimum absolute atomic E-state index is 0.0185. The predicted molar refractivity (Wildman–Crippen MR) is 129 cm³/mol. The van der Waals surface area contributed by atoms with Crippen LogP contribution in [0, 0.1) is 0 Å². The number of hydrogen-bond acceptors (Lipinski definition) is 5. The van der Waals surface area contributed by atoms with Crippen molar-refractivity contribution < 1.29 is 9.59 Å². The van der Waals surface area contributed by atoms with Crippen molar-refractivity contribution in [1.29, 1.82) is 0 Å². The molecule has 0 aliphatic heterocycles. The molecule has 0 atom stereocenters. The summed E-state index contributed by atoms with van der Waals surface area (Å²) in [7, 11) is 1.57. The van der Waals surface area contributed by atoms with Crippen LogP contribution in [0.25, 0.3) is 16.6 Å². The van der Waals surface area contributed by atoms with Crippen LogP contribution in [0.15, 0.2) is 58.5 Å². The summed E-state index contributed by atoms with van der Waals surface area (Å²) in [5, 5.41) is 4.16. The number of carbonyl (C=O) groups excluding carboxylic acids is 2. The Hall–Kier alpha value is -2.84. The van der Waals surface area contributed by atoms with E-state index in [4.69, 9.17) is 11.6 Å². The summed E-state index contributed by atoms with van der Waals surface area (Å²) < 4.78 is 1.46. The predicted octanol–water partition coefficient (Wildman–Crippen LogP) is 3.50. The summed E-state index contributed by atoms with van der Waals surface area (Å²) in [4.78, 5) is 44.0. The molecule has 0 saturated heterocycles. The van der Waals surface area contributed by atoms with Crippen LogP contribution in [-0.2, 0) is 9.59 Å². The monoisotopic (exact) mass is 472 g/mol. The molecular formula is C23H25ClN4O3S. The smallest absolute Gasteiger partial charge is 0.266 e. The summed E-state index contributed by atoms with van der Waals surface area (Å²) in [6.45, 7) is 5.58. The molecule has 0 saturated carbocycles. The Morgan fingerprint density at radius 3 is 2.56 bits per heavy atom. The minimum atomic E-state index is -0.377. The average molecular weight is 473 g/mol. The molecule has 0 aliphatic rings. The molecule has 1 aromatic heterocycles. The molecule has 0 unspecified atom stereocenters. The number of halogens is 1. The molecule has 0 aliphatic carbocycles. The Bertz CT molecular complexity index is 1220. The molecule has 0 bridgehead atoms. The zero-order valence-corrected chi connectivity index (χ0v) is 20.0. The number of aromatic nitrogens is 2. The molecule has 2 aromatic carbocycles. The summed E-state index contributed by atoms with van der Waals surface area (Å²) >= 11 is 7.28. The molecule has 1 N–H and O–H groups in total. The van der Waals surface area contributed by atoms with Crippen LogP contribution in [0.2, 0.25) is 5.02 Å². The standard InChI is InChI=1S/C23H25ClN4O3S/c1-23(2,3)26-19(29)13-27(4)20(30)14-32-22-25-18-11-6-5-10-17(18)21(31)28(22)16-9-7-8-15(24)12-16/h5-12H,13-14H2,1-4H3,(H,26,29). The number of fused-ring (bicyclic) bond motifs is 1. The fraction of sp³-hybridized carbons (Fsp3) is 0.304. The number of benzene rings is 2. The van der Waals surface area contributed by atoms with Crippen molar-refractivity contribution in [3.8, 4) is 5.69 Å². The highest BCUT2D eigenvalue weighted by Gasteiger charge is 2.20. The summed E-state index contributed by atoms with van der Waals surface area (Å²) in [6.07, 6.45) is 0. The van der Waals surface area contributed by atoms with E-state index >= 15 is 0 Å². The summed E-state index contributed by atoms with van der Waals surface area (Å²) in [5.74, 6) is -0.470. The minimum Gasteiger partial charge on any atom is -0.350 e. The van der Waals surface area contributed by atoms with E-state index in [0.717, 1.165) is 11.8 Å². The number of nitrogens with one attached hydrogen (secondary N) is 1. The molecule has 1 heterocycles. The van der Waals surface area contributed by atoms with E-state index in [1.807, 2.05) is 20.8 Å². The van der Waals surface area contributed by atoms with Gasteiger partial charge >= 0.3 is 0 Å². The molecule has 0 radical (unpaired) electrons. The molecule has 2 amide bonds. The summed E-state index contributed by atoms with van der Waals surface area (Å²) in [5.41, 5.74) is 0.487. The average Bonchev–Trinajstić information content (AvgIpc) is 2.70. The van der Waals surface area contributed by atoms with Crippen molar-refractivity contribution in [3.63, 3.8) is 0 Å². The Balaban J connectivity index is 1.87. The molecular weight excluding hydrogens is 448 g/mol. The quantitative estimate of drug-likeness (QED) is 0.438. The van der Waals surface area contributed by atoms with Gasteiger partial charge in [-0.3, -0.25) is 19.0 Å². The zero-order valence-electron chi connectivity index (χ0n) is 18.4. The molecule has 7 nitrogen and oxygen atoms in total. The van der Waals surface area contributed by atoms with Crippen molar-refractivity contribution in [1.82, 2.24) is 19.8 Å². The molecule has 0 fully saturated rings. The second kappa shape index (κ2) is 9.75. The summed E-state index contributed by atoms with van der Waals surface area (Å²) in [6, 6.07) is 14.0. The van der Waals surface area contributed by atoms with Crippen molar-refractivity contribution in [2.45, 2.75) is 31.5 Å². The van der Waals surface area contributed by atoms with Crippen molar-refractivity contribution in [2.24, 2.45) is 0 Å². The van der Waals surface area contributed by atoms with Gasteiger partial charge in [0.15, 0.2) is 5.16 Å². The number of likely N-dealkylation sites (N-methyl/N-ethyl adjacent to an activating group) is 1. The fourth-order valence-corrected chi connectivity index (χ4v) is 4.19. The third-order valence-electron chi connectivity index (χ3n) is 4.46. The van der Waals surface area contributed by atoms with Gasteiger partial charge in [-0.1, -0.05) is 41.6 Å². The first-order chi connectivity index (χ1) is 15.0. The van der Waals surface area contributed by atoms with Gasteiger partial charge in [0.05, 0.1) is 28.9 Å². The van der Waals surface area contributed by atoms with E-state index in [2.05, 4.69) is 10.3 Å². The maximum atomic E-state index is 13.2. The Morgan fingerprint density at radius 2 is 1.88 bits per heavy atom. The van der Waals surface area contributed by atoms with E-state index < -0.39 is 0 Å². The first-order valence-electron chi connectivity index (χ1n) is 10.0. The lowest BCUT2D eigenvalue weighted by atomic mass is 10.1.